The van der Waals surface area contributed by atoms with Gasteiger partial charge in [0, 0.05) is 9.35 Å². The fourth-order valence-electron chi connectivity index (χ4n) is 2.07. The molecule has 0 aliphatic rings. The molecule has 19 heavy (non-hydrogen) atoms. The number of benzene rings is 1. The molecule has 1 aromatic heterocycles. The van der Waals surface area contributed by atoms with Crippen LogP contribution in [0.15, 0.2) is 34.1 Å². The molecule has 0 saturated heterocycles. The molecule has 102 valence electrons. The highest BCUT2D eigenvalue weighted by molar-refractivity contribution is 9.10. The largest absolute Gasteiger partial charge is 0.306 e. The van der Waals surface area contributed by atoms with E-state index < -0.39 is 0 Å². The Morgan fingerprint density at radius 3 is 2.79 bits per heavy atom. The van der Waals surface area contributed by atoms with Gasteiger partial charge in [0.25, 0.3) is 0 Å². The molecule has 0 saturated carbocycles. The van der Waals surface area contributed by atoms with Gasteiger partial charge in [-0.25, -0.2) is 4.39 Å². The van der Waals surface area contributed by atoms with Gasteiger partial charge >= 0.3 is 0 Å². The Labute approximate surface area is 126 Å². The first-order chi connectivity index (χ1) is 9.13. The fourth-order valence-corrected chi connectivity index (χ4v) is 3.76. The van der Waals surface area contributed by atoms with Crippen molar-refractivity contribution in [2.24, 2.45) is 0 Å². The summed E-state index contributed by atoms with van der Waals surface area (Å²) in [4.78, 5) is 1.20. The highest BCUT2D eigenvalue weighted by Gasteiger charge is 2.19. The van der Waals surface area contributed by atoms with Gasteiger partial charge in [-0.2, -0.15) is 0 Å². The number of rotatable bonds is 5. The zero-order valence-electron chi connectivity index (χ0n) is 11.0. The second kappa shape index (κ2) is 6.64. The predicted molar refractivity (Wildman–Crippen MR) is 83.3 cm³/mol. The molecule has 1 heterocycles. The summed E-state index contributed by atoms with van der Waals surface area (Å²) in [5, 5.41) is 5.56. The maximum absolute atomic E-state index is 13.5. The quantitative estimate of drug-likeness (QED) is 0.802. The van der Waals surface area contributed by atoms with Crippen molar-refractivity contribution in [1.82, 2.24) is 5.32 Å². The van der Waals surface area contributed by atoms with Crippen LogP contribution in [0.3, 0.4) is 0 Å². The lowest BCUT2D eigenvalue weighted by molar-refractivity contribution is 0.587. The highest BCUT2D eigenvalue weighted by atomic mass is 79.9. The van der Waals surface area contributed by atoms with E-state index in [0.717, 1.165) is 28.6 Å². The van der Waals surface area contributed by atoms with E-state index >= 15 is 0 Å². The molecule has 2 rings (SSSR count). The second-order valence-corrected chi connectivity index (χ2v) is 6.32. The summed E-state index contributed by atoms with van der Waals surface area (Å²) in [7, 11) is 0. The summed E-state index contributed by atoms with van der Waals surface area (Å²) >= 11 is 5.26. The normalized spacial score (nSPS) is 12.6. The third kappa shape index (κ3) is 3.44. The minimum atomic E-state index is -0.184. The Morgan fingerprint density at radius 1 is 1.37 bits per heavy atom. The van der Waals surface area contributed by atoms with Crippen LogP contribution in [0.25, 0.3) is 0 Å². The maximum Gasteiger partial charge on any atom is 0.123 e. The van der Waals surface area contributed by atoms with Gasteiger partial charge in [0.15, 0.2) is 0 Å². The maximum atomic E-state index is 13.5. The molecule has 1 nitrogen and oxygen atoms in total. The molecular formula is C15H17BrFNS. The van der Waals surface area contributed by atoms with Gasteiger partial charge in [0.2, 0.25) is 0 Å². The van der Waals surface area contributed by atoms with Crippen LogP contribution in [0, 0.1) is 12.7 Å². The molecule has 1 N–H and O–H groups in total. The Hall–Kier alpha value is -0.710. The van der Waals surface area contributed by atoms with E-state index in [0.29, 0.717) is 0 Å². The molecule has 1 aromatic carbocycles. The fraction of sp³-hybridized carbons (Fsp3) is 0.333. The van der Waals surface area contributed by atoms with E-state index in [-0.39, 0.29) is 11.9 Å². The van der Waals surface area contributed by atoms with E-state index in [9.17, 15) is 4.39 Å². The van der Waals surface area contributed by atoms with E-state index in [2.05, 4.69) is 33.6 Å². The molecule has 0 amide bonds. The van der Waals surface area contributed by atoms with E-state index in [1.807, 2.05) is 19.1 Å². The van der Waals surface area contributed by atoms with Gasteiger partial charge < -0.3 is 5.32 Å². The van der Waals surface area contributed by atoms with Crippen LogP contribution in [0.1, 0.15) is 35.4 Å². The van der Waals surface area contributed by atoms with Crippen LogP contribution in [0.5, 0.6) is 0 Å². The molecule has 0 aliphatic carbocycles. The van der Waals surface area contributed by atoms with Crippen molar-refractivity contribution in [2.75, 3.05) is 6.54 Å². The topological polar surface area (TPSA) is 12.0 Å². The van der Waals surface area contributed by atoms with Gasteiger partial charge in [-0.1, -0.05) is 13.0 Å². The van der Waals surface area contributed by atoms with Crippen LogP contribution in [0.4, 0.5) is 4.39 Å². The first kappa shape index (κ1) is 14.7. The minimum Gasteiger partial charge on any atom is -0.306 e. The number of hydrogen-bond donors (Lipinski definition) is 1. The summed E-state index contributed by atoms with van der Waals surface area (Å²) in [5.74, 6) is -0.184. The van der Waals surface area contributed by atoms with Crippen LogP contribution in [-0.2, 0) is 0 Å². The Bertz CT molecular complexity index is 553. The van der Waals surface area contributed by atoms with Crippen LogP contribution >= 0.6 is 27.3 Å². The van der Waals surface area contributed by atoms with Crippen molar-refractivity contribution in [2.45, 2.75) is 26.3 Å². The van der Waals surface area contributed by atoms with Gasteiger partial charge in [-0.05, 0) is 70.5 Å². The molecule has 4 heteroatoms. The lowest BCUT2D eigenvalue weighted by atomic mass is 9.99. The Balaban J connectivity index is 2.42. The molecule has 2 aromatic rings. The van der Waals surface area contributed by atoms with Gasteiger partial charge in [-0.15, -0.1) is 11.3 Å². The van der Waals surface area contributed by atoms with E-state index in [4.69, 9.17) is 0 Å². The van der Waals surface area contributed by atoms with Crippen molar-refractivity contribution in [1.29, 1.82) is 0 Å². The first-order valence-corrected chi connectivity index (χ1v) is 8.03. The minimum absolute atomic E-state index is 0.0463. The number of aryl methyl sites for hydroxylation is 1. The average Bonchev–Trinajstić information content (AvgIpc) is 2.80. The zero-order chi connectivity index (χ0) is 13.8. The van der Waals surface area contributed by atoms with Crippen LogP contribution in [0.2, 0.25) is 0 Å². The standard InChI is InChI=1S/C15H17BrFNS/c1-3-7-18-14(15-13(16)6-8-19-15)12-9-11(17)5-4-10(12)2/h4-6,8-9,14,18H,3,7H2,1-2H3. The van der Waals surface area contributed by atoms with Crippen molar-refractivity contribution in [3.8, 4) is 0 Å². The molecule has 1 atom stereocenters. The lowest BCUT2D eigenvalue weighted by Gasteiger charge is -2.20. The summed E-state index contributed by atoms with van der Waals surface area (Å²) in [5.41, 5.74) is 2.12. The summed E-state index contributed by atoms with van der Waals surface area (Å²) in [6, 6.07) is 7.07. The SMILES string of the molecule is CCCNC(c1cc(F)ccc1C)c1sccc1Br. The summed E-state index contributed by atoms with van der Waals surface area (Å²) < 4.78 is 14.6. The number of halogens is 2. The third-order valence-electron chi connectivity index (χ3n) is 3.06. The van der Waals surface area contributed by atoms with Crippen molar-refractivity contribution >= 4 is 27.3 Å². The molecule has 0 radical (unpaired) electrons. The van der Waals surface area contributed by atoms with Gasteiger partial charge in [0.05, 0.1) is 6.04 Å². The van der Waals surface area contributed by atoms with Crippen molar-refractivity contribution < 1.29 is 4.39 Å². The number of thiophene rings is 1. The van der Waals surface area contributed by atoms with Crippen molar-refractivity contribution in [3.05, 3.63) is 55.9 Å². The average molecular weight is 342 g/mol. The lowest BCUT2D eigenvalue weighted by Crippen LogP contribution is -2.23. The molecule has 0 bridgehead atoms. The number of hydrogen-bond acceptors (Lipinski definition) is 2. The van der Waals surface area contributed by atoms with Crippen molar-refractivity contribution in [3.63, 3.8) is 0 Å². The molecule has 0 spiro atoms. The predicted octanol–water partition coefficient (Wildman–Crippen LogP) is 5.05. The third-order valence-corrected chi connectivity index (χ3v) is 4.99. The van der Waals surface area contributed by atoms with E-state index in [1.54, 1.807) is 17.4 Å². The summed E-state index contributed by atoms with van der Waals surface area (Å²) in [6.45, 7) is 5.06. The molecule has 0 fully saturated rings. The van der Waals surface area contributed by atoms with Crippen LogP contribution < -0.4 is 5.32 Å². The van der Waals surface area contributed by atoms with Gasteiger partial charge in [0.1, 0.15) is 5.82 Å². The molecular weight excluding hydrogens is 325 g/mol. The second-order valence-electron chi connectivity index (χ2n) is 4.52. The van der Waals surface area contributed by atoms with Crippen LogP contribution in [-0.4, -0.2) is 6.54 Å². The Kier molecular flexibility index (Phi) is 5.13. The molecule has 0 aliphatic heterocycles. The highest BCUT2D eigenvalue weighted by Crippen LogP contribution is 2.34. The first-order valence-electron chi connectivity index (χ1n) is 6.35. The summed E-state index contributed by atoms with van der Waals surface area (Å²) in [6.07, 6.45) is 1.05. The smallest absolute Gasteiger partial charge is 0.123 e. The molecule has 1 unspecified atom stereocenters. The van der Waals surface area contributed by atoms with E-state index in [1.165, 1.54) is 10.9 Å². The zero-order valence-corrected chi connectivity index (χ0v) is 13.4. The number of nitrogens with one attached hydrogen (secondary N) is 1. The monoisotopic (exact) mass is 341 g/mol. The van der Waals surface area contributed by atoms with Gasteiger partial charge in [-0.3, -0.25) is 0 Å². The Morgan fingerprint density at radius 2 is 2.16 bits per heavy atom.